The number of aliphatic carboxylic acids is 1. The maximum atomic E-state index is 12.4. The van der Waals surface area contributed by atoms with Gasteiger partial charge in [-0.1, -0.05) is 0 Å². The Labute approximate surface area is 134 Å². The maximum Gasteiger partial charge on any atom is 0.334 e. The van der Waals surface area contributed by atoms with Crippen LogP contribution >= 0.6 is 0 Å². The number of carbonyl (C=O) groups excluding carboxylic acids is 1. The average molecular weight is 341 g/mol. The van der Waals surface area contributed by atoms with E-state index in [1.807, 2.05) is 0 Å². The first-order valence-corrected chi connectivity index (χ1v) is 8.75. The van der Waals surface area contributed by atoms with Gasteiger partial charge in [0.15, 0.2) is 15.9 Å². The van der Waals surface area contributed by atoms with E-state index in [2.05, 4.69) is 0 Å². The highest BCUT2D eigenvalue weighted by atomic mass is 32.2. The van der Waals surface area contributed by atoms with E-state index in [9.17, 15) is 18.0 Å². The van der Waals surface area contributed by atoms with Crippen molar-refractivity contribution in [2.24, 2.45) is 0 Å². The van der Waals surface area contributed by atoms with Crippen molar-refractivity contribution in [3.05, 3.63) is 29.8 Å². The van der Waals surface area contributed by atoms with E-state index in [1.165, 1.54) is 29.2 Å². The molecule has 1 amide bonds. The molecule has 0 radical (unpaired) electrons. The Kier molecular flexibility index (Phi) is 5.06. The third kappa shape index (κ3) is 3.70. The number of ether oxygens (including phenoxy) is 1. The molecule has 1 heterocycles. The second-order valence-electron chi connectivity index (χ2n) is 5.57. The summed E-state index contributed by atoms with van der Waals surface area (Å²) in [7, 11) is -3.39. The summed E-state index contributed by atoms with van der Waals surface area (Å²) in [6.45, 7) is 3.61. The van der Waals surface area contributed by atoms with Gasteiger partial charge in [0.05, 0.1) is 23.3 Å². The summed E-state index contributed by atoms with van der Waals surface area (Å²) in [4.78, 5) is 24.9. The average Bonchev–Trinajstić information content (AvgIpc) is 2.54. The van der Waals surface area contributed by atoms with Crippen molar-refractivity contribution >= 4 is 21.7 Å². The number of sulfone groups is 1. The molecule has 1 aliphatic rings. The fourth-order valence-electron chi connectivity index (χ4n) is 2.23. The van der Waals surface area contributed by atoms with Crippen LogP contribution in [0.1, 0.15) is 24.2 Å². The van der Waals surface area contributed by atoms with Gasteiger partial charge in [-0.25, -0.2) is 13.2 Å². The molecule has 1 saturated heterocycles. The molecule has 1 fully saturated rings. The summed E-state index contributed by atoms with van der Waals surface area (Å²) >= 11 is 0. The van der Waals surface area contributed by atoms with Crippen LogP contribution in [0.25, 0.3) is 0 Å². The lowest BCUT2D eigenvalue weighted by Crippen LogP contribution is -2.48. The number of amides is 1. The number of rotatable bonds is 4. The number of hydrogen-bond acceptors (Lipinski definition) is 5. The molecule has 1 aromatic rings. The van der Waals surface area contributed by atoms with E-state index in [4.69, 9.17) is 9.84 Å². The van der Waals surface area contributed by atoms with Gasteiger partial charge in [-0.3, -0.25) is 4.79 Å². The molecular formula is C15H19NO6S. The number of nitrogens with zero attached hydrogens (tertiary/aromatic N) is 1. The number of morpholine rings is 1. The molecule has 0 aliphatic carbocycles. The van der Waals surface area contributed by atoms with Crippen molar-refractivity contribution in [1.29, 1.82) is 0 Å². The van der Waals surface area contributed by atoms with Crippen LogP contribution < -0.4 is 0 Å². The molecule has 1 aliphatic heterocycles. The second-order valence-corrected chi connectivity index (χ2v) is 8.07. The van der Waals surface area contributed by atoms with Gasteiger partial charge in [0.1, 0.15) is 0 Å². The van der Waals surface area contributed by atoms with Gasteiger partial charge in [-0.05, 0) is 38.1 Å². The largest absolute Gasteiger partial charge is 0.479 e. The molecule has 7 nitrogen and oxygen atoms in total. The highest BCUT2D eigenvalue weighted by Gasteiger charge is 2.29. The molecule has 0 aromatic heterocycles. The fourth-order valence-corrected chi connectivity index (χ4v) is 3.28. The van der Waals surface area contributed by atoms with Gasteiger partial charge >= 0.3 is 5.97 Å². The topological polar surface area (TPSA) is 101 Å². The number of benzene rings is 1. The van der Waals surface area contributed by atoms with Crippen LogP contribution in [0, 0.1) is 0 Å². The summed E-state index contributed by atoms with van der Waals surface area (Å²) < 4.78 is 29.2. The Balaban J connectivity index is 2.16. The van der Waals surface area contributed by atoms with Gasteiger partial charge in [0.25, 0.3) is 5.91 Å². The zero-order valence-corrected chi connectivity index (χ0v) is 13.7. The zero-order valence-electron chi connectivity index (χ0n) is 12.9. The predicted molar refractivity (Wildman–Crippen MR) is 82.0 cm³/mol. The quantitative estimate of drug-likeness (QED) is 0.869. The summed E-state index contributed by atoms with van der Waals surface area (Å²) in [5.41, 5.74) is 0.318. The van der Waals surface area contributed by atoms with Gasteiger partial charge < -0.3 is 14.7 Å². The van der Waals surface area contributed by atoms with Gasteiger partial charge in [-0.15, -0.1) is 0 Å². The molecule has 23 heavy (non-hydrogen) atoms. The third-order valence-corrected chi connectivity index (χ3v) is 5.85. The Morgan fingerprint density at radius 1 is 1.26 bits per heavy atom. The number of carboxylic acid groups (broad SMARTS) is 1. The van der Waals surface area contributed by atoms with Crippen LogP contribution in [0.3, 0.4) is 0 Å². The van der Waals surface area contributed by atoms with E-state index in [-0.39, 0.29) is 24.0 Å². The molecule has 126 valence electrons. The maximum absolute atomic E-state index is 12.4. The van der Waals surface area contributed by atoms with Crippen molar-refractivity contribution in [3.63, 3.8) is 0 Å². The summed E-state index contributed by atoms with van der Waals surface area (Å²) in [6, 6.07) is 5.70. The normalized spacial score (nSPS) is 18.9. The van der Waals surface area contributed by atoms with Gasteiger partial charge in [0, 0.05) is 12.1 Å². The lowest BCUT2D eigenvalue weighted by molar-refractivity contribution is -0.154. The monoisotopic (exact) mass is 341 g/mol. The molecule has 1 aromatic carbocycles. The standard InChI is InChI=1S/C15H19NO6S/c1-10(2)23(20,21)12-5-3-11(4-6-12)14(17)16-7-8-22-13(9-16)15(18)19/h3-6,10,13H,7-9H2,1-2H3,(H,18,19). The van der Waals surface area contributed by atoms with Crippen molar-refractivity contribution < 1.29 is 27.9 Å². The van der Waals surface area contributed by atoms with Crippen LogP contribution in [0.15, 0.2) is 29.2 Å². The van der Waals surface area contributed by atoms with Crippen molar-refractivity contribution in [1.82, 2.24) is 4.90 Å². The molecule has 8 heteroatoms. The van der Waals surface area contributed by atoms with Gasteiger partial charge in [-0.2, -0.15) is 0 Å². The fraction of sp³-hybridized carbons (Fsp3) is 0.467. The van der Waals surface area contributed by atoms with Crippen LogP contribution in [0.4, 0.5) is 0 Å². The minimum atomic E-state index is -3.39. The third-order valence-electron chi connectivity index (χ3n) is 3.68. The Hall–Kier alpha value is -1.93. The molecule has 0 spiro atoms. The molecule has 0 saturated carbocycles. The Morgan fingerprint density at radius 2 is 1.87 bits per heavy atom. The van der Waals surface area contributed by atoms with E-state index < -0.39 is 27.2 Å². The molecule has 1 atom stereocenters. The lowest BCUT2D eigenvalue weighted by atomic mass is 10.1. The van der Waals surface area contributed by atoms with Gasteiger partial charge in [0.2, 0.25) is 0 Å². The van der Waals surface area contributed by atoms with Crippen LogP contribution in [-0.4, -0.2) is 61.4 Å². The Morgan fingerprint density at radius 3 is 2.39 bits per heavy atom. The smallest absolute Gasteiger partial charge is 0.334 e. The molecular weight excluding hydrogens is 322 g/mol. The molecule has 2 rings (SSSR count). The highest BCUT2D eigenvalue weighted by Crippen LogP contribution is 2.18. The number of hydrogen-bond donors (Lipinski definition) is 1. The van der Waals surface area contributed by atoms with E-state index in [0.29, 0.717) is 12.1 Å². The minimum absolute atomic E-state index is 0.0276. The summed E-state index contributed by atoms with van der Waals surface area (Å²) in [5, 5.41) is 8.41. The van der Waals surface area contributed by atoms with Crippen molar-refractivity contribution in [2.45, 2.75) is 30.1 Å². The first-order valence-electron chi connectivity index (χ1n) is 7.21. The highest BCUT2D eigenvalue weighted by molar-refractivity contribution is 7.92. The zero-order chi connectivity index (χ0) is 17.2. The van der Waals surface area contributed by atoms with Crippen molar-refractivity contribution in [3.8, 4) is 0 Å². The lowest BCUT2D eigenvalue weighted by Gasteiger charge is -2.30. The first-order chi connectivity index (χ1) is 10.7. The SMILES string of the molecule is CC(C)S(=O)(=O)c1ccc(C(=O)N2CCOC(C(=O)O)C2)cc1. The second kappa shape index (κ2) is 6.67. The summed E-state index contributed by atoms with van der Waals surface area (Å²) in [6.07, 6.45) is -1.03. The molecule has 1 unspecified atom stereocenters. The van der Waals surface area contributed by atoms with E-state index in [0.717, 1.165) is 0 Å². The van der Waals surface area contributed by atoms with E-state index in [1.54, 1.807) is 13.8 Å². The Bertz CT molecular complexity index is 695. The number of carbonyl (C=O) groups is 2. The van der Waals surface area contributed by atoms with E-state index >= 15 is 0 Å². The first kappa shape index (κ1) is 17.4. The van der Waals surface area contributed by atoms with Crippen LogP contribution in [0.2, 0.25) is 0 Å². The van der Waals surface area contributed by atoms with Crippen LogP contribution in [0.5, 0.6) is 0 Å². The molecule has 0 bridgehead atoms. The summed E-state index contributed by atoms with van der Waals surface area (Å²) in [5.74, 6) is -1.45. The predicted octanol–water partition coefficient (Wildman–Crippen LogP) is 0.794. The van der Waals surface area contributed by atoms with Crippen molar-refractivity contribution in [2.75, 3.05) is 19.7 Å². The number of carboxylic acids is 1. The van der Waals surface area contributed by atoms with Crippen LogP contribution in [-0.2, 0) is 19.4 Å². The minimum Gasteiger partial charge on any atom is -0.479 e. The molecule has 1 N–H and O–H groups in total.